The van der Waals surface area contributed by atoms with Crippen LogP contribution >= 0.6 is 0 Å². The van der Waals surface area contributed by atoms with Gasteiger partial charge >= 0.3 is 5.79 Å². The second kappa shape index (κ2) is 17.0. The van der Waals surface area contributed by atoms with Crippen LogP contribution in [0.25, 0.3) is 0 Å². The topological polar surface area (TPSA) is 146 Å². The molecular formula is C20H30N3O7. The van der Waals surface area contributed by atoms with E-state index >= 15 is 0 Å². The third kappa shape index (κ3) is 11.2. The van der Waals surface area contributed by atoms with Crippen LogP contribution in [0, 0.1) is 30.3 Å². The van der Waals surface area contributed by atoms with Crippen molar-refractivity contribution in [1.29, 1.82) is 0 Å². The zero-order valence-electron chi connectivity index (χ0n) is 17.1. The first-order chi connectivity index (χ1) is 14.4. The molecule has 0 aromatic heterocycles. The number of hydrogen-bond donors (Lipinski definition) is 0. The summed E-state index contributed by atoms with van der Waals surface area (Å²) in [4.78, 5) is 38.2. The molecule has 10 nitrogen and oxygen atoms in total. The molecule has 0 saturated heterocycles. The first kappa shape index (κ1) is 27.1. The van der Waals surface area contributed by atoms with Gasteiger partial charge in [-0.15, -0.1) is 0 Å². The van der Waals surface area contributed by atoms with Gasteiger partial charge in [-0.05, 0) is 44.9 Å². The van der Waals surface area contributed by atoms with Crippen molar-refractivity contribution in [3.05, 3.63) is 66.8 Å². The second-order valence-electron chi connectivity index (χ2n) is 6.77. The van der Waals surface area contributed by atoms with Crippen LogP contribution in [-0.4, -0.2) is 26.8 Å². The lowest BCUT2D eigenvalue weighted by molar-refractivity contribution is -0.970. The van der Waals surface area contributed by atoms with Crippen molar-refractivity contribution in [2.75, 3.05) is 0 Å². The van der Waals surface area contributed by atoms with E-state index in [1.807, 2.05) is 6.29 Å². The summed E-state index contributed by atoms with van der Waals surface area (Å²) >= 11 is 0. The molecule has 0 N–H and O–H groups in total. The Hall–Kier alpha value is -2.91. The molecule has 0 aliphatic heterocycles. The number of carbonyl (C=O) groups excluding carboxylic acids is 1. The minimum Gasteiger partial charge on any atom is -0.291 e. The molecule has 0 bridgehead atoms. The lowest BCUT2D eigenvalue weighted by atomic mass is 10.1. The Morgan fingerprint density at radius 3 is 1.57 bits per heavy atom. The third-order valence-electron chi connectivity index (χ3n) is 4.45. The largest absolute Gasteiger partial charge is 0.699 e. The summed E-state index contributed by atoms with van der Waals surface area (Å²) in [5, 5.41) is 32.4. The van der Waals surface area contributed by atoms with Crippen molar-refractivity contribution >= 4 is 6.29 Å². The molecule has 0 atom stereocenters. The van der Waals surface area contributed by atoms with Gasteiger partial charge in [0.15, 0.2) is 27.5 Å². The van der Waals surface area contributed by atoms with Crippen molar-refractivity contribution in [3.63, 3.8) is 0 Å². The summed E-state index contributed by atoms with van der Waals surface area (Å²) in [6.45, 7) is 0. The van der Waals surface area contributed by atoms with Crippen LogP contribution in [0.2, 0.25) is 0 Å². The number of rotatable bonds is 19. The number of nitrogens with zero attached hydrogens (tertiary/aromatic N) is 3. The molecule has 0 amide bonds. The van der Waals surface area contributed by atoms with Crippen molar-refractivity contribution in [2.24, 2.45) is 0 Å². The number of allylic oxidation sites excluding steroid dienone is 6. The molecule has 0 fully saturated rings. The van der Waals surface area contributed by atoms with Gasteiger partial charge in [-0.25, -0.2) is 0 Å². The Balaban J connectivity index is 3.79. The van der Waals surface area contributed by atoms with Crippen LogP contribution in [-0.2, 0) is 4.79 Å². The summed E-state index contributed by atoms with van der Waals surface area (Å²) < 4.78 is 0. The molecule has 0 aromatic carbocycles. The minimum atomic E-state index is -3.33. The van der Waals surface area contributed by atoms with E-state index in [-0.39, 0.29) is 6.42 Å². The molecule has 30 heavy (non-hydrogen) atoms. The van der Waals surface area contributed by atoms with Gasteiger partial charge in [0.25, 0.3) is 0 Å². The Morgan fingerprint density at radius 2 is 1.07 bits per heavy atom. The van der Waals surface area contributed by atoms with E-state index in [0.717, 1.165) is 44.9 Å². The van der Waals surface area contributed by atoms with Gasteiger partial charge in [-0.1, -0.05) is 55.7 Å². The van der Waals surface area contributed by atoms with Crippen molar-refractivity contribution in [1.82, 2.24) is 0 Å². The fourth-order valence-electron chi connectivity index (χ4n) is 2.70. The quantitative estimate of drug-likeness (QED) is 0.0938. The highest BCUT2D eigenvalue weighted by Gasteiger charge is 2.69. The predicted octanol–water partition coefficient (Wildman–Crippen LogP) is 4.93. The highest BCUT2D eigenvalue weighted by atomic mass is 16.7. The third-order valence-corrected chi connectivity index (χ3v) is 4.45. The molecule has 167 valence electrons. The molecule has 0 heterocycles. The average molecular weight is 424 g/mol. The van der Waals surface area contributed by atoms with E-state index < -0.39 is 27.0 Å². The van der Waals surface area contributed by atoms with E-state index in [4.69, 9.17) is 0 Å². The minimum absolute atomic E-state index is 0.0630. The summed E-state index contributed by atoms with van der Waals surface area (Å²) in [5.74, 6) is -3.33. The molecule has 10 heteroatoms. The smallest absolute Gasteiger partial charge is 0.291 e. The average Bonchev–Trinajstić information content (AvgIpc) is 2.69. The zero-order chi connectivity index (χ0) is 22.7. The molecule has 0 aromatic rings. The van der Waals surface area contributed by atoms with Crippen LogP contribution in [0.15, 0.2) is 36.5 Å². The molecular weight excluding hydrogens is 394 g/mol. The van der Waals surface area contributed by atoms with Gasteiger partial charge in [0.05, 0.1) is 0 Å². The molecule has 1 radical (unpaired) electrons. The maximum absolute atomic E-state index is 10.8. The van der Waals surface area contributed by atoms with Crippen LogP contribution in [0.3, 0.4) is 0 Å². The molecule has 0 saturated carbocycles. The molecule has 0 unspecified atom stereocenters. The maximum atomic E-state index is 10.8. The lowest BCUT2D eigenvalue weighted by Crippen LogP contribution is -2.53. The van der Waals surface area contributed by atoms with E-state index in [9.17, 15) is 35.1 Å². The Labute approximate surface area is 176 Å². The van der Waals surface area contributed by atoms with E-state index in [2.05, 4.69) is 36.5 Å². The number of hydrogen-bond acceptors (Lipinski definition) is 7. The Bertz CT molecular complexity index is 594. The SMILES string of the molecule is O=[C]CCCC=CCC=CCC=CCCCCCCCC([N+](=O)[O-])([N+](=O)[O-])[N+](=O)[O-]. The summed E-state index contributed by atoms with van der Waals surface area (Å²) in [7, 11) is 0. The first-order valence-electron chi connectivity index (χ1n) is 10.1. The zero-order valence-corrected chi connectivity index (χ0v) is 17.1. The Kier molecular flexibility index (Phi) is 15.3. The fraction of sp³-hybridized carbons (Fsp3) is 0.650. The summed E-state index contributed by atoms with van der Waals surface area (Å²) in [6.07, 6.45) is 21.4. The molecule has 0 rings (SSSR count). The maximum Gasteiger partial charge on any atom is 0.699 e. The van der Waals surface area contributed by atoms with E-state index in [1.54, 1.807) is 0 Å². The standard InChI is InChI=1S/C20H30N3O7/c24-19-17-15-13-11-9-7-5-3-1-2-4-6-8-10-12-14-16-18-20(21(25)26,22(27)28)23(29)30/h2-5,9,11H,1,6-8,10,12-18H2. The summed E-state index contributed by atoms with van der Waals surface area (Å²) in [5.41, 5.74) is 0. The van der Waals surface area contributed by atoms with Gasteiger partial charge in [0.1, 0.15) is 0 Å². The predicted molar refractivity (Wildman–Crippen MR) is 112 cm³/mol. The van der Waals surface area contributed by atoms with Crippen molar-refractivity contribution in [2.45, 2.75) is 82.8 Å². The first-order valence-corrected chi connectivity index (χ1v) is 10.1. The highest BCUT2D eigenvalue weighted by molar-refractivity contribution is 5.50. The van der Waals surface area contributed by atoms with Crippen molar-refractivity contribution in [3.8, 4) is 0 Å². The Morgan fingerprint density at radius 1 is 0.633 bits per heavy atom. The second-order valence-corrected chi connectivity index (χ2v) is 6.77. The molecule has 0 spiro atoms. The number of unbranched alkanes of at least 4 members (excludes halogenated alkanes) is 7. The van der Waals surface area contributed by atoms with Crippen LogP contribution in [0.5, 0.6) is 0 Å². The van der Waals surface area contributed by atoms with Gasteiger partial charge in [-0.2, -0.15) is 0 Å². The fourth-order valence-corrected chi connectivity index (χ4v) is 2.70. The van der Waals surface area contributed by atoms with Crippen LogP contribution < -0.4 is 0 Å². The van der Waals surface area contributed by atoms with Crippen LogP contribution in [0.1, 0.15) is 77.0 Å². The van der Waals surface area contributed by atoms with Gasteiger partial charge in [0.2, 0.25) is 0 Å². The summed E-state index contributed by atoms with van der Waals surface area (Å²) in [6, 6.07) is 0. The van der Waals surface area contributed by atoms with Crippen molar-refractivity contribution < 1.29 is 19.6 Å². The normalized spacial score (nSPS) is 12.1. The van der Waals surface area contributed by atoms with Gasteiger partial charge < -0.3 is 0 Å². The molecule has 0 aliphatic rings. The van der Waals surface area contributed by atoms with E-state index in [0.29, 0.717) is 19.3 Å². The van der Waals surface area contributed by atoms with E-state index in [1.165, 1.54) is 0 Å². The number of nitro groups is 3. The monoisotopic (exact) mass is 424 g/mol. The highest BCUT2D eigenvalue weighted by Crippen LogP contribution is 2.21. The van der Waals surface area contributed by atoms with Gasteiger partial charge in [0, 0.05) is 6.42 Å². The molecule has 0 aliphatic carbocycles. The van der Waals surface area contributed by atoms with Crippen LogP contribution in [0.4, 0.5) is 0 Å². The lowest BCUT2D eigenvalue weighted by Gasteiger charge is -2.08. The van der Waals surface area contributed by atoms with Gasteiger partial charge in [-0.3, -0.25) is 35.1 Å².